The van der Waals surface area contributed by atoms with Crippen LogP contribution in [0.2, 0.25) is 0 Å². The summed E-state index contributed by atoms with van der Waals surface area (Å²) in [6.07, 6.45) is 6.74. The van der Waals surface area contributed by atoms with Gasteiger partial charge in [-0.15, -0.1) is 0 Å². The highest BCUT2D eigenvalue weighted by molar-refractivity contribution is 7.89. The van der Waals surface area contributed by atoms with Gasteiger partial charge in [0.05, 0.1) is 4.90 Å². The SMILES string of the molecule is Cc1ccc(S(=O)(=O)N[C@H](C)C2C3CC4CC(C3)CC2C4)cc1. The molecule has 0 aromatic heterocycles. The molecule has 0 amide bonds. The van der Waals surface area contributed by atoms with Crippen LogP contribution in [0, 0.1) is 36.5 Å². The molecule has 0 heterocycles. The van der Waals surface area contributed by atoms with Gasteiger partial charge >= 0.3 is 0 Å². The number of aryl methyl sites for hydroxylation is 1. The van der Waals surface area contributed by atoms with E-state index in [9.17, 15) is 8.42 Å². The van der Waals surface area contributed by atoms with Gasteiger partial charge in [-0.1, -0.05) is 17.7 Å². The van der Waals surface area contributed by atoms with E-state index in [0.717, 1.165) is 29.2 Å². The van der Waals surface area contributed by atoms with Crippen LogP contribution in [0.4, 0.5) is 0 Å². The van der Waals surface area contributed by atoms with Gasteiger partial charge in [0, 0.05) is 6.04 Å². The molecular formula is C19H27NO2S. The molecule has 5 rings (SSSR count). The number of benzene rings is 1. The summed E-state index contributed by atoms with van der Waals surface area (Å²) in [5, 5.41) is 0. The van der Waals surface area contributed by atoms with Crippen LogP contribution >= 0.6 is 0 Å². The van der Waals surface area contributed by atoms with Gasteiger partial charge in [-0.2, -0.15) is 0 Å². The fourth-order valence-corrected chi connectivity index (χ4v) is 7.17. The van der Waals surface area contributed by atoms with E-state index in [-0.39, 0.29) is 6.04 Å². The summed E-state index contributed by atoms with van der Waals surface area (Å²) in [5.41, 5.74) is 1.08. The Bertz CT molecular complexity index is 652. The lowest BCUT2D eigenvalue weighted by Crippen LogP contribution is -2.52. The Labute approximate surface area is 139 Å². The van der Waals surface area contributed by atoms with E-state index in [1.54, 1.807) is 12.1 Å². The van der Waals surface area contributed by atoms with Gasteiger partial charge in [-0.25, -0.2) is 13.1 Å². The van der Waals surface area contributed by atoms with Crippen molar-refractivity contribution in [2.24, 2.45) is 29.6 Å². The van der Waals surface area contributed by atoms with Gasteiger partial charge < -0.3 is 0 Å². The normalized spacial score (nSPS) is 37.0. The van der Waals surface area contributed by atoms with E-state index >= 15 is 0 Å². The summed E-state index contributed by atoms with van der Waals surface area (Å²) in [5.74, 6) is 3.86. The van der Waals surface area contributed by atoms with Gasteiger partial charge in [0.15, 0.2) is 0 Å². The van der Waals surface area contributed by atoms with Crippen molar-refractivity contribution in [3.05, 3.63) is 29.8 Å². The predicted molar refractivity (Wildman–Crippen MR) is 91.5 cm³/mol. The fourth-order valence-electron chi connectivity index (χ4n) is 5.89. The Balaban J connectivity index is 1.51. The molecule has 23 heavy (non-hydrogen) atoms. The third-order valence-electron chi connectivity index (χ3n) is 6.55. The fraction of sp³-hybridized carbons (Fsp3) is 0.684. The maximum absolute atomic E-state index is 12.7. The molecule has 126 valence electrons. The van der Waals surface area contributed by atoms with E-state index in [1.165, 1.54) is 32.1 Å². The smallest absolute Gasteiger partial charge is 0.208 e. The Hall–Kier alpha value is -0.870. The zero-order chi connectivity index (χ0) is 16.2. The lowest BCUT2D eigenvalue weighted by Gasteiger charge is -2.56. The summed E-state index contributed by atoms with van der Waals surface area (Å²) >= 11 is 0. The number of hydrogen-bond acceptors (Lipinski definition) is 2. The van der Waals surface area contributed by atoms with E-state index in [2.05, 4.69) is 11.6 Å². The van der Waals surface area contributed by atoms with Crippen molar-refractivity contribution in [1.82, 2.24) is 4.72 Å². The number of hydrogen-bond donors (Lipinski definition) is 1. The molecular weight excluding hydrogens is 306 g/mol. The zero-order valence-electron chi connectivity index (χ0n) is 14.0. The van der Waals surface area contributed by atoms with Crippen LogP contribution in [-0.4, -0.2) is 14.5 Å². The van der Waals surface area contributed by atoms with Crippen molar-refractivity contribution < 1.29 is 8.42 Å². The minimum absolute atomic E-state index is 0.0382. The zero-order valence-corrected chi connectivity index (χ0v) is 14.9. The average molecular weight is 333 g/mol. The number of nitrogens with one attached hydrogen (secondary N) is 1. The Morgan fingerprint density at radius 1 is 0.957 bits per heavy atom. The molecule has 1 aromatic rings. The van der Waals surface area contributed by atoms with Gasteiger partial charge in [-0.05, 0) is 87.7 Å². The summed E-state index contributed by atoms with van der Waals surface area (Å²) in [4.78, 5) is 0.388. The van der Waals surface area contributed by atoms with Crippen LogP contribution in [0.3, 0.4) is 0 Å². The van der Waals surface area contributed by atoms with Crippen LogP contribution in [0.1, 0.15) is 44.6 Å². The van der Waals surface area contributed by atoms with E-state index in [4.69, 9.17) is 0 Å². The summed E-state index contributed by atoms with van der Waals surface area (Å²) in [7, 11) is -3.41. The maximum atomic E-state index is 12.7. The monoisotopic (exact) mass is 333 g/mol. The number of sulfonamides is 1. The van der Waals surface area contributed by atoms with Crippen molar-refractivity contribution >= 4 is 10.0 Å². The standard InChI is InChI=1S/C19H27NO2S/c1-12-3-5-18(6-4-12)23(21,22)20-13(2)19-16-8-14-7-15(10-16)11-17(19)9-14/h3-6,13-17,19-20H,7-11H2,1-2H3/t13-,14?,15?,16?,17?,19?/m1/s1. The molecule has 1 aromatic carbocycles. The van der Waals surface area contributed by atoms with Crippen LogP contribution in [-0.2, 0) is 10.0 Å². The second-order valence-corrected chi connectivity index (χ2v) is 9.95. The minimum atomic E-state index is -3.41. The first kappa shape index (κ1) is 15.6. The van der Waals surface area contributed by atoms with Crippen molar-refractivity contribution in [2.75, 3.05) is 0 Å². The molecule has 1 N–H and O–H groups in total. The molecule has 0 spiro atoms. The van der Waals surface area contributed by atoms with Crippen LogP contribution in [0.5, 0.6) is 0 Å². The highest BCUT2D eigenvalue weighted by Crippen LogP contribution is 2.57. The van der Waals surface area contributed by atoms with E-state index in [0.29, 0.717) is 10.8 Å². The Morgan fingerprint density at radius 3 is 2.00 bits per heavy atom. The minimum Gasteiger partial charge on any atom is -0.208 e. The van der Waals surface area contributed by atoms with Crippen LogP contribution in [0.25, 0.3) is 0 Å². The second kappa shape index (κ2) is 5.59. The molecule has 4 bridgehead atoms. The predicted octanol–water partition coefficient (Wildman–Crippen LogP) is 3.73. The first-order valence-corrected chi connectivity index (χ1v) is 10.5. The van der Waals surface area contributed by atoms with E-state index < -0.39 is 10.0 Å². The lowest BCUT2D eigenvalue weighted by atomic mass is 9.51. The molecule has 0 saturated heterocycles. The second-order valence-electron chi connectivity index (χ2n) is 8.23. The van der Waals surface area contributed by atoms with E-state index in [1.807, 2.05) is 19.1 Å². The molecule has 0 radical (unpaired) electrons. The molecule has 0 unspecified atom stereocenters. The molecule has 4 fully saturated rings. The van der Waals surface area contributed by atoms with Crippen molar-refractivity contribution in [1.29, 1.82) is 0 Å². The molecule has 4 saturated carbocycles. The van der Waals surface area contributed by atoms with Crippen LogP contribution in [0.15, 0.2) is 29.2 Å². The topological polar surface area (TPSA) is 46.2 Å². The average Bonchev–Trinajstić information content (AvgIpc) is 2.45. The third-order valence-corrected chi connectivity index (χ3v) is 8.12. The molecule has 1 atom stereocenters. The molecule has 0 aliphatic heterocycles. The number of rotatable bonds is 4. The maximum Gasteiger partial charge on any atom is 0.240 e. The van der Waals surface area contributed by atoms with Crippen LogP contribution < -0.4 is 4.72 Å². The lowest BCUT2D eigenvalue weighted by molar-refractivity contribution is -0.0463. The first-order chi connectivity index (χ1) is 10.9. The largest absolute Gasteiger partial charge is 0.240 e. The first-order valence-electron chi connectivity index (χ1n) is 9.01. The van der Waals surface area contributed by atoms with Crippen molar-refractivity contribution in [3.8, 4) is 0 Å². The van der Waals surface area contributed by atoms with Gasteiger partial charge in [0.2, 0.25) is 10.0 Å². The van der Waals surface area contributed by atoms with Gasteiger partial charge in [0.25, 0.3) is 0 Å². The molecule has 4 aliphatic rings. The molecule has 4 aliphatic carbocycles. The highest BCUT2D eigenvalue weighted by Gasteiger charge is 2.50. The van der Waals surface area contributed by atoms with Gasteiger partial charge in [-0.3, -0.25) is 0 Å². The highest BCUT2D eigenvalue weighted by atomic mass is 32.2. The summed E-state index contributed by atoms with van der Waals surface area (Å²) in [6, 6.07) is 7.18. The summed E-state index contributed by atoms with van der Waals surface area (Å²) in [6.45, 7) is 4.06. The third kappa shape index (κ3) is 2.85. The summed E-state index contributed by atoms with van der Waals surface area (Å²) < 4.78 is 28.3. The quantitative estimate of drug-likeness (QED) is 0.912. The molecule has 3 nitrogen and oxygen atoms in total. The van der Waals surface area contributed by atoms with Gasteiger partial charge in [0.1, 0.15) is 0 Å². The molecule has 4 heteroatoms. The Kier molecular flexibility index (Phi) is 3.80. The Morgan fingerprint density at radius 2 is 1.48 bits per heavy atom. The van der Waals surface area contributed by atoms with Crippen molar-refractivity contribution in [2.45, 2.75) is 56.9 Å². The van der Waals surface area contributed by atoms with Crippen molar-refractivity contribution in [3.63, 3.8) is 0 Å².